The lowest BCUT2D eigenvalue weighted by atomic mass is 10.1. The molecule has 1 aromatic rings. The molecule has 92 valence electrons. The minimum absolute atomic E-state index is 0.225. The van der Waals surface area contributed by atoms with Gasteiger partial charge in [0.25, 0.3) is 0 Å². The van der Waals surface area contributed by atoms with E-state index < -0.39 is 0 Å². The van der Waals surface area contributed by atoms with Crippen LogP contribution in [0.15, 0.2) is 24.4 Å². The second-order valence-electron chi connectivity index (χ2n) is 4.54. The van der Waals surface area contributed by atoms with E-state index in [-0.39, 0.29) is 11.9 Å². The van der Waals surface area contributed by atoms with Gasteiger partial charge in [-0.15, -0.1) is 0 Å². The fraction of sp³-hybridized carbons (Fsp3) is 0.538. The van der Waals surface area contributed by atoms with Crippen molar-refractivity contribution in [2.45, 2.75) is 31.7 Å². The first-order chi connectivity index (χ1) is 8.25. The van der Waals surface area contributed by atoms with Crippen LogP contribution in [0.1, 0.15) is 25.0 Å². The van der Waals surface area contributed by atoms with Gasteiger partial charge in [-0.25, -0.2) is 0 Å². The van der Waals surface area contributed by atoms with Crippen LogP contribution in [0, 0.1) is 0 Å². The molecule has 4 heteroatoms. The fourth-order valence-electron chi connectivity index (χ4n) is 2.09. The van der Waals surface area contributed by atoms with Gasteiger partial charge in [0.15, 0.2) is 0 Å². The predicted octanol–water partition coefficient (Wildman–Crippen LogP) is 0.964. The Morgan fingerprint density at radius 2 is 2.18 bits per heavy atom. The molecule has 0 aromatic carbocycles. The third kappa shape index (κ3) is 3.53. The number of likely N-dealkylation sites (tertiary alicyclic amines) is 1. The lowest BCUT2D eigenvalue weighted by molar-refractivity contribution is -0.132. The van der Waals surface area contributed by atoms with Crippen LogP contribution in [0.3, 0.4) is 0 Å². The molecule has 17 heavy (non-hydrogen) atoms. The minimum atomic E-state index is 0.225. The van der Waals surface area contributed by atoms with E-state index in [0.717, 1.165) is 38.0 Å². The Hall–Kier alpha value is -1.42. The van der Waals surface area contributed by atoms with Gasteiger partial charge in [-0.1, -0.05) is 6.07 Å². The number of nitrogens with two attached hydrogens (primary N) is 1. The second kappa shape index (κ2) is 5.77. The maximum atomic E-state index is 11.9. The smallest absolute Gasteiger partial charge is 0.222 e. The summed E-state index contributed by atoms with van der Waals surface area (Å²) >= 11 is 0. The number of rotatable bonds is 3. The molecule has 0 unspecified atom stereocenters. The molecule has 1 saturated heterocycles. The van der Waals surface area contributed by atoms with Crippen LogP contribution >= 0.6 is 0 Å². The Balaban J connectivity index is 1.78. The van der Waals surface area contributed by atoms with Crippen molar-refractivity contribution >= 4 is 5.91 Å². The van der Waals surface area contributed by atoms with E-state index in [1.165, 1.54) is 0 Å². The first kappa shape index (κ1) is 12.0. The summed E-state index contributed by atoms with van der Waals surface area (Å²) in [5.41, 5.74) is 6.80. The highest BCUT2D eigenvalue weighted by Crippen LogP contribution is 2.10. The summed E-state index contributed by atoms with van der Waals surface area (Å²) in [6.45, 7) is 1.62. The highest BCUT2D eigenvalue weighted by molar-refractivity contribution is 5.76. The van der Waals surface area contributed by atoms with Crippen LogP contribution in [-0.2, 0) is 11.2 Å². The third-order valence-electron chi connectivity index (χ3n) is 3.21. The molecule has 0 atom stereocenters. The first-order valence-corrected chi connectivity index (χ1v) is 6.19. The van der Waals surface area contributed by atoms with E-state index in [9.17, 15) is 4.79 Å². The summed E-state index contributed by atoms with van der Waals surface area (Å²) in [4.78, 5) is 18.1. The number of aryl methyl sites for hydroxylation is 1. The molecular weight excluding hydrogens is 214 g/mol. The van der Waals surface area contributed by atoms with Gasteiger partial charge in [-0.05, 0) is 31.4 Å². The van der Waals surface area contributed by atoms with Crippen LogP contribution in [-0.4, -0.2) is 34.9 Å². The van der Waals surface area contributed by atoms with Gasteiger partial charge in [-0.3, -0.25) is 9.78 Å². The van der Waals surface area contributed by atoms with E-state index in [2.05, 4.69) is 4.98 Å². The largest absolute Gasteiger partial charge is 0.343 e. The number of nitrogens with zero attached hydrogens (tertiary/aromatic N) is 2. The maximum Gasteiger partial charge on any atom is 0.222 e. The van der Waals surface area contributed by atoms with Gasteiger partial charge in [0.1, 0.15) is 0 Å². The average Bonchev–Trinajstić information content (AvgIpc) is 2.38. The Kier molecular flexibility index (Phi) is 4.09. The van der Waals surface area contributed by atoms with Gasteiger partial charge in [-0.2, -0.15) is 0 Å². The Morgan fingerprint density at radius 3 is 2.82 bits per heavy atom. The van der Waals surface area contributed by atoms with Crippen molar-refractivity contribution in [1.82, 2.24) is 9.88 Å². The number of carbonyl (C=O) groups is 1. The van der Waals surface area contributed by atoms with Gasteiger partial charge in [0, 0.05) is 37.4 Å². The number of pyridine rings is 1. The standard InChI is InChI=1S/C13H19N3O/c14-11-6-9-16(10-7-11)13(17)5-4-12-3-1-2-8-15-12/h1-3,8,11H,4-7,9-10,14H2. The average molecular weight is 233 g/mol. The molecule has 1 fully saturated rings. The predicted molar refractivity (Wildman–Crippen MR) is 66.3 cm³/mol. The molecule has 0 radical (unpaired) electrons. The fourth-order valence-corrected chi connectivity index (χ4v) is 2.09. The first-order valence-electron chi connectivity index (χ1n) is 6.19. The van der Waals surface area contributed by atoms with E-state index >= 15 is 0 Å². The van der Waals surface area contributed by atoms with Crippen LogP contribution < -0.4 is 5.73 Å². The van der Waals surface area contributed by atoms with Crippen LogP contribution in [0.4, 0.5) is 0 Å². The molecule has 0 aliphatic carbocycles. The van der Waals surface area contributed by atoms with Crippen molar-refractivity contribution in [2.75, 3.05) is 13.1 Å². The molecule has 2 N–H and O–H groups in total. The quantitative estimate of drug-likeness (QED) is 0.846. The van der Waals surface area contributed by atoms with Gasteiger partial charge < -0.3 is 10.6 Å². The zero-order valence-corrected chi connectivity index (χ0v) is 10.0. The van der Waals surface area contributed by atoms with Crippen molar-refractivity contribution < 1.29 is 4.79 Å². The molecule has 2 heterocycles. The van der Waals surface area contributed by atoms with Crippen LogP contribution in [0.5, 0.6) is 0 Å². The zero-order valence-electron chi connectivity index (χ0n) is 10.0. The van der Waals surface area contributed by atoms with E-state index in [4.69, 9.17) is 5.73 Å². The van der Waals surface area contributed by atoms with E-state index in [1.54, 1.807) is 6.20 Å². The lowest BCUT2D eigenvalue weighted by Crippen LogP contribution is -2.42. The van der Waals surface area contributed by atoms with Crippen LogP contribution in [0.25, 0.3) is 0 Å². The number of aromatic nitrogens is 1. The number of amides is 1. The monoisotopic (exact) mass is 233 g/mol. The molecule has 1 aromatic heterocycles. The highest BCUT2D eigenvalue weighted by atomic mass is 16.2. The molecule has 1 amide bonds. The summed E-state index contributed by atoms with van der Waals surface area (Å²) in [7, 11) is 0. The number of carbonyl (C=O) groups excluding carboxylic acids is 1. The zero-order chi connectivity index (χ0) is 12.1. The Morgan fingerprint density at radius 1 is 1.41 bits per heavy atom. The van der Waals surface area contributed by atoms with Crippen molar-refractivity contribution in [3.8, 4) is 0 Å². The van der Waals surface area contributed by atoms with E-state index in [1.807, 2.05) is 23.1 Å². The van der Waals surface area contributed by atoms with Crippen molar-refractivity contribution in [3.63, 3.8) is 0 Å². The van der Waals surface area contributed by atoms with E-state index in [0.29, 0.717) is 6.42 Å². The lowest BCUT2D eigenvalue weighted by Gasteiger charge is -2.30. The van der Waals surface area contributed by atoms with Gasteiger partial charge in [0.2, 0.25) is 5.91 Å². The Labute approximate surface area is 102 Å². The molecular formula is C13H19N3O. The minimum Gasteiger partial charge on any atom is -0.343 e. The van der Waals surface area contributed by atoms with Crippen LogP contribution in [0.2, 0.25) is 0 Å². The maximum absolute atomic E-state index is 11.9. The van der Waals surface area contributed by atoms with Crippen molar-refractivity contribution in [2.24, 2.45) is 5.73 Å². The molecule has 2 rings (SSSR count). The molecule has 1 aliphatic heterocycles. The number of hydrogen-bond donors (Lipinski definition) is 1. The highest BCUT2D eigenvalue weighted by Gasteiger charge is 2.19. The SMILES string of the molecule is NC1CCN(C(=O)CCc2ccccn2)CC1. The molecule has 0 spiro atoms. The van der Waals surface area contributed by atoms with Crippen molar-refractivity contribution in [1.29, 1.82) is 0 Å². The summed E-state index contributed by atoms with van der Waals surface area (Å²) < 4.78 is 0. The molecule has 1 aliphatic rings. The third-order valence-corrected chi connectivity index (χ3v) is 3.21. The number of piperidine rings is 1. The molecule has 0 bridgehead atoms. The molecule has 4 nitrogen and oxygen atoms in total. The topological polar surface area (TPSA) is 59.2 Å². The Bertz CT molecular complexity index is 358. The van der Waals surface area contributed by atoms with Crippen molar-refractivity contribution in [3.05, 3.63) is 30.1 Å². The summed E-state index contributed by atoms with van der Waals surface area (Å²) in [5, 5.41) is 0. The number of hydrogen-bond acceptors (Lipinski definition) is 3. The second-order valence-corrected chi connectivity index (χ2v) is 4.54. The summed E-state index contributed by atoms with van der Waals surface area (Å²) in [6, 6.07) is 6.07. The summed E-state index contributed by atoms with van der Waals surface area (Å²) in [6.07, 6.45) is 4.89. The van der Waals surface area contributed by atoms with Gasteiger partial charge >= 0.3 is 0 Å². The van der Waals surface area contributed by atoms with Gasteiger partial charge in [0.05, 0.1) is 0 Å². The normalized spacial score (nSPS) is 17.1. The summed E-state index contributed by atoms with van der Waals surface area (Å²) in [5.74, 6) is 0.225. The molecule has 0 saturated carbocycles.